The number of ketones is 1. The van der Waals surface area contributed by atoms with Gasteiger partial charge in [0.15, 0.2) is 5.78 Å². The summed E-state index contributed by atoms with van der Waals surface area (Å²) in [7, 11) is -4.58. The van der Waals surface area contributed by atoms with Crippen molar-refractivity contribution in [3.05, 3.63) is 107 Å². The summed E-state index contributed by atoms with van der Waals surface area (Å²) in [5.74, 6) is -2.21. The van der Waals surface area contributed by atoms with Crippen LogP contribution in [0, 0.1) is 20.8 Å². The van der Waals surface area contributed by atoms with Crippen molar-refractivity contribution >= 4 is 67.4 Å². The van der Waals surface area contributed by atoms with Gasteiger partial charge in [0.25, 0.3) is 0 Å². The Labute approximate surface area is 337 Å². The SMILES string of the molecule is Cc1cc(-c2ccc(N/N=C3/C=CC(=O)C(C(=O)[O-])=C3)c(C)c2)ccc1N=Nc1c(N)c(C)cc(N=Nc2ccc(S(=O)(=O)[O-])cc2)c1N.[Na+].[Na+]. The zero-order chi connectivity index (χ0) is 35.5. The summed E-state index contributed by atoms with van der Waals surface area (Å²) >= 11 is 0. The summed E-state index contributed by atoms with van der Waals surface area (Å²) in [5.41, 5.74) is 22.0. The molecule has 0 unspecified atom stereocenters. The van der Waals surface area contributed by atoms with Gasteiger partial charge in [-0.25, -0.2) is 8.42 Å². The summed E-state index contributed by atoms with van der Waals surface area (Å²) in [5, 5.41) is 32.3. The molecule has 0 amide bonds. The van der Waals surface area contributed by atoms with Crippen LogP contribution in [0.3, 0.4) is 0 Å². The van der Waals surface area contributed by atoms with Gasteiger partial charge in [0, 0.05) is 5.57 Å². The van der Waals surface area contributed by atoms with Gasteiger partial charge in [-0.2, -0.15) is 15.3 Å². The molecule has 0 aliphatic heterocycles. The van der Waals surface area contributed by atoms with Crippen molar-refractivity contribution in [1.82, 2.24) is 0 Å². The van der Waals surface area contributed by atoms with E-state index in [-0.39, 0.29) is 86.8 Å². The molecule has 0 spiro atoms. The number of hydrazone groups is 1. The van der Waals surface area contributed by atoms with Crippen LogP contribution in [0.2, 0.25) is 0 Å². The fourth-order valence-corrected chi connectivity index (χ4v) is 5.16. The summed E-state index contributed by atoms with van der Waals surface area (Å²) < 4.78 is 33.5. The molecule has 1 aliphatic carbocycles. The molecular formula is C34H28N8Na2O6S. The number of aliphatic carboxylic acids is 1. The molecule has 4 aromatic carbocycles. The van der Waals surface area contributed by atoms with Gasteiger partial charge in [0.2, 0.25) is 0 Å². The van der Waals surface area contributed by atoms with Crippen molar-refractivity contribution in [2.75, 3.05) is 16.9 Å². The molecule has 0 aromatic heterocycles. The number of carboxylic acids is 1. The smallest absolute Gasteiger partial charge is 0.744 e. The van der Waals surface area contributed by atoms with Crippen LogP contribution in [0.5, 0.6) is 0 Å². The third-order valence-electron chi connectivity index (χ3n) is 7.47. The first-order chi connectivity index (χ1) is 23.2. The molecule has 248 valence electrons. The molecule has 5 N–H and O–H groups in total. The number of allylic oxidation sites excluding steroid dienone is 3. The number of hydrogen-bond acceptors (Lipinski definition) is 14. The summed E-state index contributed by atoms with van der Waals surface area (Å²) in [6, 6.07) is 18.0. The molecule has 17 heteroatoms. The first-order valence-corrected chi connectivity index (χ1v) is 15.9. The molecule has 5 rings (SSSR count). The van der Waals surface area contributed by atoms with Crippen molar-refractivity contribution in [3.63, 3.8) is 0 Å². The Morgan fingerprint density at radius 3 is 1.98 bits per heavy atom. The summed E-state index contributed by atoms with van der Waals surface area (Å²) in [6.45, 7) is 5.54. The third kappa shape index (κ3) is 9.93. The van der Waals surface area contributed by atoms with Crippen LogP contribution in [-0.4, -0.2) is 30.4 Å². The van der Waals surface area contributed by atoms with E-state index in [4.69, 9.17) is 11.5 Å². The van der Waals surface area contributed by atoms with E-state index < -0.39 is 27.4 Å². The Bertz CT molecular complexity index is 2290. The molecule has 0 radical (unpaired) electrons. The van der Waals surface area contributed by atoms with Crippen LogP contribution in [0.4, 0.5) is 39.8 Å². The molecule has 4 aromatic rings. The quantitative estimate of drug-likeness (QED) is 0.0393. The van der Waals surface area contributed by atoms with E-state index in [1.807, 2.05) is 50.2 Å². The predicted octanol–water partition coefficient (Wildman–Crippen LogP) is -0.231. The number of carbonyl (C=O) groups is 2. The topological polar surface area (TPSA) is 240 Å². The zero-order valence-corrected chi connectivity index (χ0v) is 33.1. The first kappa shape index (κ1) is 41.1. The number of aryl methyl sites for hydroxylation is 3. The van der Waals surface area contributed by atoms with E-state index in [0.29, 0.717) is 28.3 Å². The van der Waals surface area contributed by atoms with Crippen LogP contribution < -0.4 is 81.1 Å². The number of nitrogens with two attached hydrogens (primary N) is 2. The molecule has 0 bridgehead atoms. The van der Waals surface area contributed by atoms with E-state index in [1.165, 1.54) is 18.2 Å². The maximum Gasteiger partial charge on any atom is 1.00 e. The van der Waals surface area contributed by atoms with E-state index in [2.05, 4.69) is 31.0 Å². The Balaban J connectivity index is 0.00000351. The van der Waals surface area contributed by atoms with Gasteiger partial charge in [0.1, 0.15) is 21.5 Å². The van der Waals surface area contributed by atoms with Crippen LogP contribution in [-0.2, 0) is 19.7 Å². The zero-order valence-electron chi connectivity index (χ0n) is 28.3. The Morgan fingerprint density at radius 2 is 1.37 bits per heavy atom. The average Bonchev–Trinajstić information content (AvgIpc) is 3.06. The second-order valence-corrected chi connectivity index (χ2v) is 12.3. The summed E-state index contributed by atoms with van der Waals surface area (Å²) in [4.78, 5) is 22.4. The van der Waals surface area contributed by atoms with Crippen LogP contribution >= 0.6 is 0 Å². The monoisotopic (exact) mass is 722 g/mol. The van der Waals surface area contributed by atoms with Gasteiger partial charge in [0.05, 0.1) is 45.0 Å². The minimum atomic E-state index is -4.58. The second-order valence-electron chi connectivity index (χ2n) is 11.0. The number of anilines is 3. The summed E-state index contributed by atoms with van der Waals surface area (Å²) in [6.07, 6.45) is 3.69. The Morgan fingerprint density at radius 1 is 0.745 bits per heavy atom. The molecule has 0 atom stereocenters. The number of carbonyl (C=O) groups excluding carboxylic acids is 2. The molecular weight excluding hydrogens is 694 g/mol. The second kappa shape index (κ2) is 17.3. The van der Waals surface area contributed by atoms with Crippen molar-refractivity contribution in [3.8, 4) is 11.1 Å². The number of carboxylic acid groups (broad SMARTS) is 1. The van der Waals surface area contributed by atoms with Crippen LogP contribution in [0.25, 0.3) is 11.1 Å². The maximum atomic E-state index is 11.7. The molecule has 14 nitrogen and oxygen atoms in total. The van der Waals surface area contributed by atoms with Gasteiger partial charge < -0.3 is 25.9 Å². The van der Waals surface area contributed by atoms with Gasteiger partial charge in [-0.05, 0) is 121 Å². The maximum absolute atomic E-state index is 11.7. The van der Waals surface area contributed by atoms with Crippen molar-refractivity contribution in [2.24, 2.45) is 25.6 Å². The van der Waals surface area contributed by atoms with E-state index in [9.17, 15) is 27.7 Å². The molecule has 0 heterocycles. The van der Waals surface area contributed by atoms with Crippen LogP contribution in [0.15, 0.2) is 121 Å². The molecule has 1 aliphatic rings. The average molecular weight is 723 g/mol. The number of nitrogens with one attached hydrogen (secondary N) is 1. The Hall–Kier alpha value is -4.32. The normalized spacial score (nSPS) is 13.6. The predicted molar refractivity (Wildman–Crippen MR) is 182 cm³/mol. The van der Waals surface area contributed by atoms with E-state index in [1.54, 1.807) is 13.0 Å². The van der Waals surface area contributed by atoms with Gasteiger partial charge >= 0.3 is 59.1 Å². The number of nitrogen functional groups attached to an aromatic ring is 2. The largest absolute Gasteiger partial charge is 1.00 e. The van der Waals surface area contributed by atoms with E-state index >= 15 is 0 Å². The van der Waals surface area contributed by atoms with E-state index in [0.717, 1.165) is 46.5 Å². The van der Waals surface area contributed by atoms with Crippen molar-refractivity contribution in [2.45, 2.75) is 25.7 Å². The number of rotatable bonds is 9. The number of hydrogen-bond donors (Lipinski definition) is 3. The molecule has 51 heavy (non-hydrogen) atoms. The van der Waals surface area contributed by atoms with Crippen molar-refractivity contribution < 1.29 is 86.8 Å². The molecule has 0 saturated carbocycles. The van der Waals surface area contributed by atoms with Crippen molar-refractivity contribution in [1.29, 1.82) is 0 Å². The standard InChI is InChI=1S/C34H30N8O6S.2Na/c1-18-14-21(4-11-27(18)39-38-24-8-13-30(43)26(17-24)34(44)45)22-5-12-28(19(2)15-22)40-42-33-31(35)20(3)16-29(32(33)36)41-37-23-6-9-25(10-7-23)49(46,47)48;;/h4-17,39H,35-36H2,1-3H3,(H,44,45)(H,46,47,48);;/q;2*+1/p-2/b38-24-,41-37?,42-40?;;. The number of azo groups is 2. The van der Waals surface area contributed by atoms with Gasteiger partial charge in [-0.3, -0.25) is 10.2 Å². The molecule has 0 fully saturated rings. The number of nitrogens with zero attached hydrogens (tertiary/aromatic N) is 5. The van der Waals surface area contributed by atoms with Gasteiger partial charge in [-0.15, -0.1) is 10.2 Å². The molecule has 0 saturated heterocycles. The fourth-order valence-electron chi connectivity index (χ4n) is 4.69. The number of benzene rings is 4. The van der Waals surface area contributed by atoms with Crippen LogP contribution in [0.1, 0.15) is 16.7 Å². The Kier molecular flexibility index (Phi) is 13.9. The third-order valence-corrected chi connectivity index (χ3v) is 8.32. The first-order valence-electron chi connectivity index (χ1n) is 14.5. The minimum absolute atomic E-state index is 0. The minimum Gasteiger partial charge on any atom is -0.744 e. The fraction of sp³-hybridized carbons (Fsp3) is 0.0882. The van der Waals surface area contributed by atoms with Gasteiger partial charge in [-0.1, -0.05) is 12.1 Å².